The van der Waals surface area contributed by atoms with Crippen LogP contribution in [0.1, 0.15) is 12.8 Å². The van der Waals surface area contributed by atoms with Crippen LogP contribution in [-0.4, -0.2) is 11.0 Å². The Morgan fingerprint density at radius 3 is 2.73 bits per heavy atom. The number of rotatable bonds is 3. The quantitative estimate of drug-likeness (QED) is 0.632. The normalized spacial score (nSPS) is 15.1. The number of halogens is 2. The van der Waals surface area contributed by atoms with E-state index in [1.807, 2.05) is 0 Å². The van der Waals surface area contributed by atoms with E-state index in [1.165, 1.54) is 12.1 Å². The minimum absolute atomic E-state index is 0.0572. The molecule has 15 heavy (non-hydrogen) atoms. The van der Waals surface area contributed by atoms with Gasteiger partial charge < -0.3 is 4.74 Å². The zero-order valence-corrected chi connectivity index (χ0v) is 9.92. The molecule has 80 valence electrons. The van der Waals surface area contributed by atoms with E-state index in [-0.39, 0.29) is 17.5 Å². The summed E-state index contributed by atoms with van der Waals surface area (Å²) in [5.74, 6) is 0.246. The van der Waals surface area contributed by atoms with Gasteiger partial charge in [-0.05, 0) is 28.8 Å². The summed E-state index contributed by atoms with van der Waals surface area (Å²) in [5, 5.41) is 11.2. The smallest absolute Gasteiger partial charge is 0.312 e. The summed E-state index contributed by atoms with van der Waals surface area (Å²) in [6.07, 6.45) is 2.01. The lowest BCUT2D eigenvalue weighted by Gasteiger charge is -2.06. The van der Waals surface area contributed by atoms with Crippen LogP contribution in [-0.2, 0) is 0 Å². The number of ether oxygens (including phenoxy) is 1. The summed E-state index contributed by atoms with van der Waals surface area (Å²) in [7, 11) is 0. The second kappa shape index (κ2) is 3.98. The van der Waals surface area contributed by atoms with Crippen molar-refractivity contribution in [2.24, 2.45) is 0 Å². The summed E-state index contributed by atoms with van der Waals surface area (Å²) in [6, 6.07) is 2.84. The number of nitrogens with zero attached hydrogens (tertiary/aromatic N) is 1. The van der Waals surface area contributed by atoms with E-state index in [9.17, 15) is 10.1 Å². The third-order valence-corrected chi connectivity index (χ3v) is 3.21. The van der Waals surface area contributed by atoms with Crippen molar-refractivity contribution in [1.29, 1.82) is 0 Å². The minimum Gasteiger partial charge on any atom is -0.483 e. The van der Waals surface area contributed by atoms with Gasteiger partial charge in [-0.1, -0.05) is 11.6 Å². The fraction of sp³-hybridized carbons (Fsp3) is 0.333. The van der Waals surface area contributed by atoms with Crippen LogP contribution < -0.4 is 4.74 Å². The van der Waals surface area contributed by atoms with E-state index in [4.69, 9.17) is 16.3 Å². The Bertz CT molecular complexity index is 420. The van der Waals surface area contributed by atoms with Crippen molar-refractivity contribution in [2.75, 3.05) is 0 Å². The van der Waals surface area contributed by atoms with Crippen LogP contribution in [0.3, 0.4) is 0 Å². The van der Waals surface area contributed by atoms with Crippen molar-refractivity contribution >= 4 is 33.2 Å². The van der Waals surface area contributed by atoms with Gasteiger partial charge in [0.1, 0.15) is 0 Å². The lowest BCUT2D eigenvalue weighted by Crippen LogP contribution is -2.00. The molecule has 0 radical (unpaired) electrons. The van der Waals surface area contributed by atoms with Crippen molar-refractivity contribution < 1.29 is 9.66 Å². The van der Waals surface area contributed by atoms with E-state index in [0.29, 0.717) is 9.50 Å². The number of hydrogen-bond donors (Lipinski definition) is 0. The van der Waals surface area contributed by atoms with Gasteiger partial charge in [0.05, 0.1) is 16.0 Å². The van der Waals surface area contributed by atoms with Gasteiger partial charge in [0, 0.05) is 16.6 Å². The lowest BCUT2D eigenvalue weighted by atomic mass is 10.3. The molecular weight excluding hydrogens is 285 g/mol. The number of hydrogen-bond acceptors (Lipinski definition) is 3. The number of nitro benzene ring substituents is 1. The maximum Gasteiger partial charge on any atom is 0.312 e. The van der Waals surface area contributed by atoms with Gasteiger partial charge in [-0.3, -0.25) is 10.1 Å². The molecule has 1 aromatic carbocycles. The fourth-order valence-corrected chi connectivity index (χ4v) is 1.61. The first kappa shape index (κ1) is 10.7. The summed E-state index contributed by atoms with van der Waals surface area (Å²) < 4.78 is 5.91. The van der Waals surface area contributed by atoms with Gasteiger partial charge in [-0.2, -0.15) is 0 Å². The van der Waals surface area contributed by atoms with Crippen LogP contribution in [0.5, 0.6) is 5.75 Å². The molecule has 1 aromatic rings. The molecule has 0 bridgehead atoms. The Balaban J connectivity index is 2.39. The second-order valence-electron chi connectivity index (χ2n) is 3.31. The number of benzene rings is 1. The maximum absolute atomic E-state index is 10.7. The Hall–Kier alpha value is -0.810. The molecular formula is C9H7BrClNO3. The summed E-state index contributed by atoms with van der Waals surface area (Å²) >= 11 is 8.98. The SMILES string of the molecule is O=[N+]([O-])c1cc(Br)c(Cl)cc1OC1CC1. The monoisotopic (exact) mass is 291 g/mol. The molecule has 6 heteroatoms. The average molecular weight is 293 g/mol. The first-order valence-electron chi connectivity index (χ1n) is 4.38. The fourth-order valence-electron chi connectivity index (χ4n) is 1.12. The molecule has 0 heterocycles. The third-order valence-electron chi connectivity index (χ3n) is 2.02. The summed E-state index contributed by atoms with van der Waals surface area (Å²) in [6.45, 7) is 0. The molecule has 0 amide bonds. The van der Waals surface area contributed by atoms with Crippen LogP contribution in [0.2, 0.25) is 5.02 Å². The van der Waals surface area contributed by atoms with Crippen molar-refractivity contribution in [3.63, 3.8) is 0 Å². The summed E-state index contributed by atoms with van der Waals surface area (Å²) in [5.41, 5.74) is -0.0572. The van der Waals surface area contributed by atoms with E-state index < -0.39 is 4.92 Å². The Morgan fingerprint density at radius 2 is 2.20 bits per heavy atom. The predicted octanol–water partition coefficient (Wildman–Crippen LogP) is 3.55. The molecule has 0 N–H and O–H groups in total. The van der Waals surface area contributed by atoms with E-state index >= 15 is 0 Å². The van der Waals surface area contributed by atoms with Gasteiger partial charge in [-0.15, -0.1) is 0 Å². The topological polar surface area (TPSA) is 52.4 Å². The van der Waals surface area contributed by atoms with Crippen molar-refractivity contribution in [2.45, 2.75) is 18.9 Å². The molecule has 1 aliphatic rings. The Morgan fingerprint density at radius 1 is 1.53 bits per heavy atom. The van der Waals surface area contributed by atoms with Gasteiger partial charge >= 0.3 is 5.69 Å². The zero-order valence-electron chi connectivity index (χ0n) is 7.57. The standard InChI is InChI=1S/C9H7BrClNO3/c10-6-3-8(12(13)14)9(4-7(6)11)15-5-1-2-5/h3-5H,1-2H2. The highest BCUT2D eigenvalue weighted by Crippen LogP contribution is 2.38. The molecule has 1 saturated carbocycles. The predicted molar refractivity (Wildman–Crippen MR) is 59.5 cm³/mol. The van der Waals surface area contributed by atoms with E-state index in [2.05, 4.69) is 15.9 Å². The molecule has 0 atom stereocenters. The largest absolute Gasteiger partial charge is 0.483 e. The molecule has 1 aliphatic carbocycles. The average Bonchev–Trinajstić information content (AvgIpc) is 2.94. The highest BCUT2D eigenvalue weighted by atomic mass is 79.9. The van der Waals surface area contributed by atoms with Crippen LogP contribution in [0.4, 0.5) is 5.69 Å². The van der Waals surface area contributed by atoms with Gasteiger partial charge in [-0.25, -0.2) is 0 Å². The van der Waals surface area contributed by atoms with Crippen molar-refractivity contribution in [1.82, 2.24) is 0 Å². The highest BCUT2D eigenvalue weighted by Gasteiger charge is 2.28. The Kier molecular flexibility index (Phi) is 2.84. The van der Waals surface area contributed by atoms with Crippen LogP contribution in [0, 0.1) is 10.1 Å². The zero-order chi connectivity index (χ0) is 11.0. The van der Waals surface area contributed by atoms with Crippen molar-refractivity contribution in [3.05, 3.63) is 31.7 Å². The summed E-state index contributed by atoms with van der Waals surface area (Å²) in [4.78, 5) is 10.3. The molecule has 0 saturated heterocycles. The lowest BCUT2D eigenvalue weighted by molar-refractivity contribution is -0.386. The van der Waals surface area contributed by atoms with Crippen molar-refractivity contribution in [3.8, 4) is 5.75 Å². The molecule has 0 aliphatic heterocycles. The molecule has 0 spiro atoms. The first-order valence-corrected chi connectivity index (χ1v) is 5.55. The van der Waals surface area contributed by atoms with Crippen LogP contribution in [0.15, 0.2) is 16.6 Å². The van der Waals surface area contributed by atoms with E-state index in [1.54, 1.807) is 0 Å². The van der Waals surface area contributed by atoms with Gasteiger partial charge in [0.15, 0.2) is 5.75 Å². The third kappa shape index (κ3) is 2.41. The molecule has 4 nitrogen and oxygen atoms in total. The first-order chi connectivity index (χ1) is 7.08. The molecule has 0 unspecified atom stereocenters. The van der Waals surface area contributed by atoms with Gasteiger partial charge in [0.2, 0.25) is 0 Å². The van der Waals surface area contributed by atoms with Crippen LogP contribution in [0.25, 0.3) is 0 Å². The molecule has 1 fully saturated rings. The Labute approximate surface area is 99.5 Å². The van der Waals surface area contributed by atoms with E-state index in [0.717, 1.165) is 12.8 Å². The second-order valence-corrected chi connectivity index (χ2v) is 4.57. The minimum atomic E-state index is -0.473. The molecule has 0 aromatic heterocycles. The van der Waals surface area contributed by atoms with Gasteiger partial charge in [0.25, 0.3) is 0 Å². The highest BCUT2D eigenvalue weighted by molar-refractivity contribution is 9.10. The maximum atomic E-state index is 10.7. The molecule has 2 rings (SSSR count). The number of nitro groups is 1. The van der Waals surface area contributed by atoms with Crippen LogP contribution >= 0.6 is 27.5 Å².